The Hall–Kier alpha value is -3.21. The number of benzene rings is 2. The van der Waals surface area contributed by atoms with Crippen LogP contribution in [-0.2, 0) is 26.7 Å². The maximum absolute atomic E-state index is 13.3. The summed E-state index contributed by atoms with van der Waals surface area (Å²) in [6.45, 7) is 3.68. The monoisotopic (exact) mass is 572 g/mol. The minimum Gasteiger partial charge on any atom is -0.344 e. The lowest BCUT2D eigenvalue weighted by Gasteiger charge is -2.23. The average molecular weight is 573 g/mol. The van der Waals surface area contributed by atoms with Crippen LogP contribution in [0.3, 0.4) is 0 Å². The normalized spacial score (nSPS) is 17.7. The summed E-state index contributed by atoms with van der Waals surface area (Å²) in [6, 6.07) is 13.5. The molecule has 4 rings (SSSR count). The van der Waals surface area contributed by atoms with Crippen molar-refractivity contribution in [3.05, 3.63) is 65.3 Å². The third-order valence-electron chi connectivity index (χ3n) is 6.90. The number of amides is 2. The van der Waals surface area contributed by atoms with E-state index >= 15 is 0 Å². The molecule has 1 saturated heterocycles. The van der Waals surface area contributed by atoms with Gasteiger partial charge in [0.1, 0.15) is 11.7 Å². The van der Waals surface area contributed by atoms with Gasteiger partial charge >= 0.3 is 0 Å². The molecule has 2 aromatic carbocycles. The number of nitrogens with zero attached hydrogens (tertiary/aromatic N) is 2. The lowest BCUT2D eigenvalue weighted by atomic mass is 10.0. The van der Waals surface area contributed by atoms with Crippen LogP contribution in [0.1, 0.15) is 43.6 Å². The first-order valence-corrected chi connectivity index (χ1v) is 14.7. The van der Waals surface area contributed by atoms with Crippen molar-refractivity contribution in [2.75, 3.05) is 13.1 Å². The number of carbonyl (C=O) groups excluding carboxylic acids is 3. The van der Waals surface area contributed by atoms with Crippen LogP contribution in [0.15, 0.2) is 59.5 Å². The number of rotatable bonds is 8. The topological polar surface area (TPSA) is 118 Å². The number of aromatic nitrogens is 1. The third kappa shape index (κ3) is 6.51. The molecule has 2 N–H and O–H groups in total. The van der Waals surface area contributed by atoms with Crippen LogP contribution < -0.4 is 10.6 Å². The van der Waals surface area contributed by atoms with Gasteiger partial charge in [-0.05, 0) is 61.6 Å². The zero-order valence-electron chi connectivity index (χ0n) is 22.2. The fourth-order valence-corrected chi connectivity index (χ4v) is 6.39. The van der Waals surface area contributed by atoms with Gasteiger partial charge in [-0.15, -0.1) is 0 Å². The average Bonchev–Trinajstić information content (AvgIpc) is 3.11. The highest BCUT2D eigenvalue weighted by atomic mass is 35.5. The molecule has 1 fully saturated rings. The van der Waals surface area contributed by atoms with Crippen LogP contribution in [0.2, 0.25) is 5.02 Å². The first-order valence-electron chi connectivity index (χ1n) is 12.9. The number of aryl methyl sites for hydroxylation is 1. The van der Waals surface area contributed by atoms with E-state index in [9.17, 15) is 22.8 Å². The van der Waals surface area contributed by atoms with E-state index in [0.29, 0.717) is 30.0 Å². The predicted molar refractivity (Wildman–Crippen MR) is 150 cm³/mol. The number of halogens is 1. The lowest BCUT2D eigenvalue weighted by Crippen LogP contribution is -2.52. The Morgan fingerprint density at radius 1 is 1.10 bits per heavy atom. The Labute approximate surface area is 233 Å². The molecule has 0 aliphatic carbocycles. The third-order valence-corrected chi connectivity index (χ3v) is 9.01. The highest BCUT2D eigenvalue weighted by Crippen LogP contribution is 2.22. The fraction of sp³-hybridized carbons (Fsp3) is 0.393. The lowest BCUT2D eigenvalue weighted by molar-refractivity contribution is -0.129. The molecule has 11 heteroatoms. The standard InChI is InChI=1S/C28H33ClN4O5S/c1-18(2)15-23(31-28(36)25-16-19-7-4-5-9-24(19)32(25)3)27(35)30-22-8-6-14-33(17-26(22)34)39(37,38)21-12-10-20(29)11-13-21/h4-5,7,9-13,16,18,22-23H,6,8,14-15,17H2,1-3H3,(H,30,35)(H,31,36)/t22?,23-/m0/s1. The molecule has 2 heterocycles. The maximum atomic E-state index is 13.3. The van der Waals surface area contributed by atoms with Gasteiger partial charge in [0.15, 0.2) is 5.78 Å². The van der Waals surface area contributed by atoms with E-state index in [1.54, 1.807) is 17.7 Å². The largest absolute Gasteiger partial charge is 0.344 e. The highest BCUT2D eigenvalue weighted by molar-refractivity contribution is 7.89. The summed E-state index contributed by atoms with van der Waals surface area (Å²) in [5, 5.41) is 6.95. The van der Waals surface area contributed by atoms with E-state index in [1.165, 1.54) is 24.3 Å². The molecule has 1 aliphatic heterocycles. The zero-order valence-corrected chi connectivity index (χ0v) is 23.8. The minimum absolute atomic E-state index is 0.0511. The van der Waals surface area contributed by atoms with E-state index in [2.05, 4.69) is 10.6 Å². The SMILES string of the molecule is CC(C)C[C@H](NC(=O)c1cc2ccccc2n1C)C(=O)NC1CCCN(S(=O)(=O)c2ccc(Cl)cc2)CC1=O. The summed E-state index contributed by atoms with van der Waals surface area (Å²) < 4.78 is 29.1. The zero-order chi connectivity index (χ0) is 28.3. The van der Waals surface area contributed by atoms with E-state index in [-0.39, 0.29) is 29.8 Å². The summed E-state index contributed by atoms with van der Waals surface area (Å²) in [7, 11) is -2.10. The molecule has 2 atom stereocenters. The summed E-state index contributed by atoms with van der Waals surface area (Å²) in [5.41, 5.74) is 1.32. The number of carbonyl (C=O) groups is 3. The second kappa shape index (κ2) is 11.9. The Balaban J connectivity index is 1.46. The predicted octanol–water partition coefficient (Wildman–Crippen LogP) is 3.51. The van der Waals surface area contributed by atoms with Crippen molar-refractivity contribution in [2.24, 2.45) is 13.0 Å². The van der Waals surface area contributed by atoms with Crippen LogP contribution in [0.4, 0.5) is 0 Å². The molecule has 1 aromatic heterocycles. The molecule has 208 valence electrons. The molecule has 0 spiro atoms. The van der Waals surface area contributed by atoms with E-state index in [1.807, 2.05) is 38.1 Å². The van der Waals surface area contributed by atoms with Gasteiger partial charge in [-0.2, -0.15) is 4.31 Å². The van der Waals surface area contributed by atoms with Crippen molar-refractivity contribution < 1.29 is 22.8 Å². The fourth-order valence-electron chi connectivity index (χ4n) is 4.82. The molecule has 1 unspecified atom stereocenters. The van der Waals surface area contributed by atoms with Crippen LogP contribution in [0.25, 0.3) is 10.9 Å². The molecule has 39 heavy (non-hydrogen) atoms. The summed E-state index contributed by atoms with van der Waals surface area (Å²) in [5.74, 6) is -1.16. The molecule has 0 bridgehead atoms. The molecular weight excluding hydrogens is 540 g/mol. The molecule has 1 aliphatic rings. The Morgan fingerprint density at radius 2 is 1.79 bits per heavy atom. The second-order valence-electron chi connectivity index (χ2n) is 10.3. The van der Waals surface area contributed by atoms with Gasteiger partial charge in [-0.25, -0.2) is 8.42 Å². The quantitative estimate of drug-likeness (QED) is 0.428. The van der Waals surface area contributed by atoms with Gasteiger partial charge in [0.2, 0.25) is 15.9 Å². The van der Waals surface area contributed by atoms with Crippen molar-refractivity contribution in [3.8, 4) is 0 Å². The first-order chi connectivity index (χ1) is 18.5. The molecular formula is C28H33ClN4O5S. The van der Waals surface area contributed by atoms with Crippen molar-refractivity contribution >= 4 is 50.1 Å². The van der Waals surface area contributed by atoms with Crippen molar-refractivity contribution in [1.82, 2.24) is 19.5 Å². The Kier molecular flexibility index (Phi) is 8.78. The maximum Gasteiger partial charge on any atom is 0.268 e. The molecule has 3 aromatic rings. The van der Waals surface area contributed by atoms with Gasteiger partial charge in [0.25, 0.3) is 5.91 Å². The van der Waals surface area contributed by atoms with Crippen molar-refractivity contribution in [1.29, 1.82) is 0 Å². The number of ketones is 1. The van der Waals surface area contributed by atoms with E-state index in [4.69, 9.17) is 11.6 Å². The van der Waals surface area contributed by atoms with Crippen LogP contribution >= 0.6 is 11.6 Å². The molecule has 9 nitrogen and oxygen atoms in total. The van der Waals surface area contributed by atoms with Crippen LogP contribution in [0, 0.1) is 5.92 Å². The Morgan fingerprint density at radius 3 is 2.46 bits per heavy atom. The summed E-state index contributed by atoms with van der Waals surface area (Å²) in [6.07, 6.45) is 1.06. The number of nitrogens with one attached hydrogen (secondary N) is 2. The van der Waals surface area contributed by atoms with E-state index < -0.39 is 33.8 Å². The molecule has 0 radical (unpaired) electrons. The Bertz CT molecular complexity index is 1480. The number of hydrogen-bond donors (Lipinski definition) is 2. The number of hydrogen-bond acceptors (Lipinski definition) is 5. The number of Topliss-reactive ketones (excluding diaryl/α,β-unsaturated/α-hetero) is 1. The van der Waals surface area contributed by atoms with Crippen LogP contribution in [0.5, 0.6) is 0 Å². The number of fused-ring (bicyclic) bond motifs is 1. The number of sulfonamides is 1. The molecule has 0 saturated carbocycles. The highest BCUT2D eigenvalue weighted by Gasteiger charge is 2.34. The van der Waals surface area contributed by atoms with Gasteiger partial charge in [0.05, 0.1) is 17.5 Å². The van der Waals surface area contributed by atoms with Gasteiger partial charge in [-0.3, -0.25) is 14.4 Å². The number of para-hydroxylation sites is 1. The smallest absolute Gasteiger partial charge is 0.268 e. The van der Waals surface area contributed by atoms with Crippen molar-refractivity contribution in [3.63, 3.8) is 0 Å². The van der Waals surface area contributed by atoms with E-state index in [0.717, 1.165) is 15.2 Å². The first kappa shape index (κ1) is 28.8. The summed E-state index contributed by atoms with van der Waals surface area (Å²) in [4.78, 5) is 39.7. The second-order valence-corrected chi connectivity index (χ2v) is 12.6. The van der Waals surface area contributed by atoms with Crippen LogP contribution in [-0.4, -0.2) is 60.1 Å². The van der Waals surface area contributed by atoms with Gasteiger partial charge < -0.3 is 15.2 Å². The van der Waals surface area contributed by atoms with Gasteiger partial charge in [-0.1, -0.05) is 43.6 Å². The summed E-state index contributed by atoms with van der Waals surface area (Å²) >= 11 is 5.88. The minimum atomic E-state index is -3.90. The van der Waals surface area contributed by atoms with Crippen molar-refractivity contribution in [2.45, 2.75) is 50.1 Å². The molecule has 2 amide bonds. The van der Waals surface area contributed by atoms with Gasteiger partial charge in [0, 0.05) is 29.5 Å².